The third kappa shape index (κ3) is 6.33. The molecule has 2 aliphatic heterocycles. The quantitative estimate of drug-likeness (QED) is 0.357. The second kappa shape index (κ2) is 12.5. The topological polar surface area (TPSA) is 132 Å². The molecule has 3 heterocycles. The van der Waals surface area contributed by atoms with Gasteiger partial charge in [-0.3, -0.25) is 14.4 Å². The zero-order chi connectivity index (χ0) is 30.6. The largest absolute Gasteiger partial charge is 0.496 e. The van der Waals surface area contributed by atoms with E-state index in [1.54, 1.807) is 47.4 Å². The first-order chi connectivity index (χ1) is 21.4. The maximum absolute atomic E-state index is 14.6. The number of aromatic nitrogens is 1. The Morgan fingerprint density at radius 2 is 1.95 bits per heavy atom. The monoisotopic (exact) mass is 600 g/mol. The van der Waals surface area contributed by atoms with E-state index in [4.69, 9.17) is 18.6 Å². The number of hydrogen-bond donors (Lipinski definition) is 2. The van der Waals surface area contributed by atoms with Crippen LogP contribution in [0.25, 0.3) is 11.1 Å². The van der Waals surface area contributed by atoms with E-state index in [1.165, 1.54) is 31.9 Å². The van der Waals surface area contributed by atoms with Gasteiger partial charge in [0.1, 0.15) is 35.4 Å². The molecular weight excluding hydrogens is 571 g/mol. The van der Waals surface area contributed by atoms with Crippen molar-refractivity contribution >= 4 is 17.7 Å². The van der Waals surface area contributed by atoms with Gasteiger partial charge in [0.05, 0.1) is 13.2 Å². The third-order valence-electron chi connectivity index (χ3n) is 7.49. The zero-order valence-electron chi connectivity index (χ0n) is 23.7. The predicted octanol–water partition coefficient (Wildman–Crippen LogP) is 3.59. The van der Waals surface area contributed by atoms with Crippen LogP contribution in [0.5, 0.6) is 17.2 Å². The summed E-state index contributed by atoms with van der Waals surface area (Å²) in [5.74, 6) is -0.480. The van der Waals surface area contributed by atoms with Gasteiger partial charge >= 0.3 is 0 Å². The number of oxazole rings is 1. The van der Waals surface area contributed by atoms with Gasteiger partial charge in [0.2, 0.25) is 0 Å². The maximum atomic E-state index is 14.6. The molecule has 0 unspecified atom stereocenters. The molecular formula is C32H29FN4O7. The normalized spacial score (nSPS) is 18.6. The molecule has 2 atom stereocenters. The van der Waals surface area contributed by atoms with Crippen LogP contribution in [-0.4, -0.2) is 66.6 Å². The Balaban J connectivity index is 1.37. The highest BCUT2D eigenvalue weighted by atomic mass is 19.1. The Morgan fingerprint density at radius 1 is 1.07 bits per heavy atom. The number of ether oxygens (including phenoxy) is 3. The van der Waals surface area contributed by atoms with Crippen molar-refractivity contribution in [3.8, 4) is 28.4 Å². The summed E-state index contributed by atoms with van der Waals surface area (Å²) in [7, 11) is 1.53. The lowest BCUT2D eigenvalue weighted by atomic mass is 9.99. The number of likely N-dealkylation sites (tertiary alicyclic amines) is 1. The Kier molecular flexibility index (Phi) is 8.13. The SMILES string of the molecule is COc1ccc2cc1-c1cccc(c1)OCC(=O)NCc1cc(F)cc(c1)O[C@@H]1CCN(C(=O)c3cocn3)C[C@H]1NC2=O. The van der Waals surface area contributed by atoms with Gasteiger partial charge in [0, 0.05) is 43.2 Å². The Hall–Kier alpha value is -5.39. The molecule has 6 rings (SSSR count). The first-order valence-electron chi connectivity index (χ1n) is 14.0. The van der Waals surface area contributed by atoms with Crippen LogP contribution in [0.15, 0.2) is 77.7 Å². The van der Waals surface area contributed by atoms with Crippen molar-refractivity contribution in [2.75, 3.05) is 26.8 Å². The van der Waals surface area contributed by atoms with Gasteiger partial charge < -0.3 is 34.2 Å². The van der Waals surface area contributed by atoms with Crippen LogP contribution in [0.1, 0.15) is 32.8 Å². The summed E-state index contributed by atoms with van der Waals surface area (Å²) >= 11 is 0. The number of amides is 3. The van der Waals surface area contributed by atoms with Crippen molar-refractivity contribution < 1.29 is 37.4 Å². The van der Waals surface area contributed by atoms with E-state index in [2.05, 4.69) is 15.6 Å². The molecule has 11 nitrogen and oxygen atoms in total. The number of hydrogen-bond acceptors (Lipinski definition) is 8. The summed E-state index contributed by atoms with van der Waals surface area (Å²) in [5.41, 5.74) is 2.32. The van der Waals surface area contributed by atoms with E-state index >= 15 is 0 Å². The van der Waals surface area contributed by atoms with Gasteiger partial charge in [-0.2, -0.15) is 0 Å². The maximum Gasteiger partial charge on any atom is 0.275 e. The fourth-order valence-electron chi connectivity index (χ4n) is 5.32. The highest BCUT2D eigenvalue weighted by molar-refractivity contribution is 5.96. The van der Waals surface area contributed by atoms with Crippen LogP contribution in [0.3, 0.4) is 0 Å². The van der Waals surface area contributed by atoms with E-state index < -0.39 is 29.8 Å². The van der Waals surface area contributed by atoms with Crippen LogP contribution < -0.4 is 24.8 Å². The third-order valence-corrected chi connectivity index (χ3v) is 7.49. The minimum atomic E-state index is -0.664. The average molecular weight is 601 g/mol. The van der Waals surface area contributed by atoms with Gasteiger partial charge in [-0.05, 0) is 53.6 Å². The molecule has 1 fully saturated rings. The smallest absolute Gasteiger partial charge is 0.275 e. The average Bonchev–Trinajstić information content (AvgIpc) is 3.58. The molecule has 1 saturated heterocycles. The molecule has 3 amide bonds. The summed E-state index contributed by atoms with van der Waals surface area (Å²) in [4.78, 5) is 44.9. The summed E-state index contributed by atoms with van der Waals surface area (Å²) in [6.45, 7) is 0.214. The number of piperidine rings is 1. The molecule has 2 aliphatic rings. The second-order valence-electron chi connectivity index (χ2n) is 10.5. The molecule has 1 aromatic heterocycles. The molecule has 44 heavy (non-hydrogen) atoms. The summed E-state index contributed by atoms with van der Waals surface area (Å²) in [6, 6.07) is 15.6. The molecule has 0 saturated carbocycles. The van der Waals surface area contributed by atoms with Gasteiger partial charge in [0.25, 0.3) is 17.7 Å². The van der Waals surface area contributed by atoms with Crippen molar-refractivity contribution in [3.63, 3.8) is 0 Å². The zero-order valence-corrected chi connectivity index (χ0v) is 23.7. The van der Waals surface area contributed by atoms with Crippen molar-refractivity contribution in [3.05, 3.63) is 96.0 Å². The van der Waals surface area contributed by atoms with Crippen LogP contribution in [0, 0.1) is 5.82 Å². The van der Waals surface area contributed by atoms with E-state index in [0.717, 1.165) is 0 Å². The minimum Gasteiger partial charge on any atom is -0.496 e. The molecule has 226 valence electrons. The summed E-state index contributed by atoms with van der Waals surface area (Å²) < 4.78 is 37.1. The first kappa shape index (κ1) is 28.7. The van der Waals surface area contributed by atoms with Crippen molar-refractivity contribution in [1.82, 2.24) is 20.5 Å². The Bertz CT molecular complexity index is 1690. The fraction of sp³-hybridized carbons (Fsp3) is 0.250. The van der Waals surface area contributed by atoms with E-state index in [-0.39, 0.29) is 37.0 Å². The van der Waals surface area contributed by atoms with Gasteiger partial charge in [-0.25, -0.2) is 9.37 Å². The van der Waals surface area contributed by atoms with Gasteiger partial charge in [0.15, 0.2) is 18.7 Å². The lowest BCUT2D eigenvalue weighted by molar-refractivity contribution is -0.123. The number of carbonyl (C=O) groups excluding carboxylic acids is 3. The Labute approximate surface area is 251 Å². The van der Waals surface area contributed by atoms with Gasteiger partial charge in [-0.1, -0.05) is 12.1 Å². The number of benzene rings is 3. The Morgan fingerprint density at radius 3 is 2.77 bits per heavy atom. The summed E-state index contributed by atoms with van der Waals surface area (Å²) in [5, 5.41) is 5.76. The molecule has 0 aliphatic carbocycles. The highest BCUT2D eigenvalue weighted by Gasteiger charge is 2.35. The fourth-order valence-corrected chi connectivity index (χ4v) is 5.32. The van der Waals surface area contributed by atoms with Crippen LogP contribution in [0.4, 0.5) is 4.39 Å². The van der Waals surface area contributed by atoms with Crippen LogP contribution >= 0.6 is 0 Å². The molecule has 12 heteroatoms. The standard InChI is InChI=1S/C32H29FN4O7/c1-41-28-6-5-21-12-25(28)20-3-2-4-23(11-20)43-17-30(38)34-14-19-9-22(33)13-24(10-19)44-29-7-8-37(15-26(29)36-31(21)39)32(40)27-16-42-18-35-27/h2-6,9-13,16,18,26,29H,7-8,14-15,17H2,1H3,(H,34,38)(H,36,39)/t26-,29-/m1/s1. The van der Waals surface area contributed by atoms with E-state index in [0.29, 0.717) is 46.7 Å². The number of methoxy groups -OCH3 is 1. The number of rotatable bonds is 2. The van der Waals surface area contributed by atoms with E-state index in [1.807, 2.05) is 6.07 Å². The van der Waals surface area contributed by atoms with Crippen molar-refractivity contribution in [2.45, 2.75) is 25.1 Å². The molecule has 3 aromatic carbocycles. The van der Waals surface area contributed by atoms with Crippen molar-refractivity contribution in [2.24, 2.45) is 0 Å². The van der Waals surface area contributed by atoms with E-state index in [9.17, 15) is 18.8 Å². The highest BCUT2D eigenvalue weighted by Crippen LogP contribution is 2.33. The molecule has 6 bridgehead atoms. The van der Waals surface area contributed by atoms with Crippen LogP contribution in [-0.2, 0) is 11.3 Å². The minimum absolute atomic E-state index is 0.0458. The molecule has 0 spiro atoms. The number of nitrogens with one attached hydrogen (secondary N) is 2. The molecule has 4 aromatic rings. The number of carbonyl (C=O) groups is 3. The summed E-state index contributed by atoms with van der Waals surface area (Å²) in [6.07, 6.45) is 2.18. The number of halogens is 1. The number of nitrogens with zero attached hydrogens (tertiary/aromatic N) is 2. The molecule has 0 radical (unpaired) electrons. The molecule has 2 N–H and O–H groups in total. The number of fused-ring (bicyclic) bond motifs is 8. The van der Waals surface area contributed by atoms with Crippen molar-refractivity contribution in [1.29, 1.82) is 0 Å². The lowest BCUT2D eigenvalue weighted by Crippen LogP contribution is -2.58. The van der Waals surface area contributed by atoms with Crippen LogP contribution in [0.2, 0.25) is 0 Å². The second-order valence-corrected chi connectivity index (χ2v) is 10.5. The predicted molar refractivity (Wildman–Crippen MR) is 155 cm³/mol. The van der Waals surface area contributed by atoms with Gasteiger partial charge in [-0.15, -0.1) is 0 Å². The first-order valence-corrected chi connectivity index (χ1v) is 14.0. The lowest BCUT2D eigenvalue weighted by Gasteiger charge is -2.38.